The monoisotopic (exact) mass is 396 g/mol. The summed E-state index contributed by atoms with van der Waals surface area (Å²) in [5.41, 5.74) is 2.87. The van der Waals surface area contributed by atoms with Gasteiger partial charge in [0.2, 0.25) is 0 Å². The Balaban J connectivity index is 1.70. The van der Waals surface area contributed by atoms with Crippen LogP contribution in [0.25, 0.3) is 22.3 Å². The highest BCUT2D eigenvalue weighted by molar-refractivity contribution is 7.92. The first-order chi connectivity index (χ1) is 13.0. The largest absolute Gasteiger partial charge is 0.278 e. The molecule has 4 rings (SSSR count). The van der Waals surface area contributed by atoms with Gasteiger partial charge in [0.15, 0.2) is 0 Å². The summed E-state index contributed by atoms with van der Waals surface area (Å²) in [6, 6.07) is 15.1. The number of fused-ring (bicyclic) bond motifs is 1. The van der Waals surface area contributed by atoms with Crippen LogP contribution in [0.15, 0.2) is 78.1 Å². The van der Waals surface area contributed by atoms with Crippen molar-refractivity contribution in [3.8, 4) is 11.3 Å². The number of anilines is 1. The van der Waals surface area contributed by atoms with Crippen LogP contribution >= 0.6 is 11.6 Å². The summed E-state index contributed by atoms with van der Waals surface area (Å²) >= 11 is 6.19. The Labute approximate surface area is 161 Å². The van der Waals surface area contributed by atoms with Crippen LogP contribution in [-0.4, -0.2) is 23.4 Å². The Morgan fingerprint density at radius 3 is 2.59 bits per heavy atom. The molecule has 0 radical (unpaired) electrons. The summed E-state index contributed by atoms with van der Waals surface area (Å²) in [5, 5.41) is 0.496. The van der Waals surface area contributed by atoms with Crippen molar-refractivity contribution in [3.63, 3.8) is 0 Å². The first-order valence-corrected chi connectivity index (χ1v) is 9.84. The average Bonchev–Trinajstić information content (AvgIpc) is 2.69. The SMILES string of the molecule is O=S(=O)(Nc1cncc(-c2ccc3nccc(Cl)c3n2)c1)c1ccccc1. The molecule has 27 heavy (non-hydrogen) atoms. The minimum Gasteiger partial charge on any atom is -0.278 e. The molecule has 0 bridgehead atoms. The molecule has 0 fully saturated rings. The number of hydrogen-bond acceptors (Lipinski definition) is 5. The van der Waals surface area contributed by atoms with E-state index in [4.69, 9.17) is 11.6 Å². The zero-order valence-electron chi connectivity index (χ0n) is 13.9. The van der Waals surface area contributed by atoms with Gasteiger partial charge in [-0.25, -0.2) is 13.4 Å². The van der Waals surface area contributed by atoms with Gasteiger partial charge in [0, 0.05) is 18.0 Å². The Kier molecular flexibility index (Phi) is 4.47. The lowest BCUT2D eigenvalue weighted by atomic mass is 10.1. The second-order valence-corrected chi connectivity index (χ2v) is 7.83. The Bertz CT molecular complexity index is 1230. The molecule has 0 aliphatic carbocycles. The molecule has 0 spiro atoms. The second kappa shape index (κ2) is 6.94. The zero-order chi connectivity index (χ0) is 18.9. The highest BCUT2D eigenvalue weighted by Gasteiger charge is 2.14. The molecule has 8 heteroatoms. The number of hydrogen-bond donors (Lipinski definition) is 1. The Morgan fingerprint density at radius 2 is 1.78 bits per heavy atom. The molecule has 4 aromatic rings. The number of nitrogens with one attached hydrogen (secondary N) is 1. The molecule has 0 saturated carbocycles. The van der Waals surface area contributed by atoms with Gasteiger partial charge in [-0.2, -0.15) is 0 Å². The topological polar surface area (TPSA) is 84.8 Å². The molecule has 0 aliphatic heterocycles. The highest BCUT2D eigenvalue weighted by atomic mass is 35.5. The van der Waals surface area contributed by atoms with Gasteiger partial charge in [0.05, 0.1) is 33.0 Å². The predicted octanol–water partition coefficient (Wildman–Crippen LogP) is 4.15. The number of sulfonamides is 1. The lowest BCUT2D eigenvalue weighted by Crippen LogP contribution is -2.13. The molecule has 1 N–H and O–H groups in total. The minimum absolute atomic E-state index is 0.178. The third kappa shape index (κ3) is 3.60. The zero-order valence-corrected chi connectivity index (χ0v) is 15.4. The van der Waals surface area contributed by atoms with Crippen molar-refractivity contribution in [2.24, 2.45) is 0 Å². The summed E-state index contributed by atoms with van der Waals surface area (Å²) < 4.78 is 27.5. The highest BCUT2D eigenvalue weighted by Crippen LogP contribution is 2.26. The summed E-state index contributed by atoms with van der Waals surface area (Å²) in [4.78, 5) is 13.1. The van der Waals surface area contributed by atoms with Crippen LogP contribution in [0, 0.1) is 0 Å². The number of benzene rings is 1. The third-order valence-electron chi connectivity index (χ3n) is 3.87. The van der Waals surface area contributed by atoms with Crippen molar-refractivity contribution < 1.29 is 8.42 Å². The van der Waals surface area contributed by atoms with Gasteiger partial charge in [-0.3, -0.25) is 14.7 Å². The fraction of sp³-hybridized carbons (Fsp3) is 0. The summed E-state index contributed by atoms with van der Waals surface area (Å²) in [6.45, 7) is 0. The van der Waals surface area contributed by atoms with Crippen LogP contribution in [0.5, 0.6) is 0 Å². The van der Waals surface area contributed by atoms with Crippen LogP contribution in [-0.2, 0) is 10.0 Å². The van der Waals surface area contributed by atoms with E-state index in [2.05, 4.69) is 19.7 Å². The van der Waals surface area contributed by atoms with Crippen molar-refractivity contribution in [2.75, 3.05) is 4.72 Å². The molecule has 134 valence electrons. The van der Waals surface area contributed by atoms with Gasteiger partial charge in [-0.15, -0.1) is 0 Å². The molecule has 3 heterocycles. The Morgan fingerprint density at radius 1 is 0.963 bits per heavy atom. The molecular weight excluding hydrogens is 384 g/mol. The maximum atomic E-state index is 12.5. The van der Waals surface area contributed by atoms with Gasteiger partial charge in [0.1, 0.15) is 5.52 Å². The van der Waals surface area contributed by atoms with Crippen LogP contribution in [0.3, 0.4) is 0 Å². The van der Waals surface area contributed by atoms with Gasteiger partial charge in [0.25, 0.3) is 10.0 Å². The van der Waals surface area contributed by atoms with E-state index in [0.717, 1.165) is 0 Å². The number of pyridine rings is 3. The van der Waals surface area contributed by atoms with E-state index in [1.807, 2.05) is 6.07 Å². The Hall–Kier alpha value is -3.03. The molecular formula is C19H13ClN4O2S. The van der Waals surface area contributed by atoms with E-state index < -0.39 is 10.0 Å². The smallest absolute Gasteiger partial charge is 0.261 e. The van der Waals surface area contributed by atoms with E-state index >= 15 is 0 Å². The minimum atomic E-state index is -3.70. The molecule has 0 saturated heterocycles. The summed E-state index contributed by atoms with van der Waals surface area (Å²) in [5.74, 6) is 0. The molecule has 0 aliphatic rings. The van der Waals surface area contributed by atoms with Crippen LogP contribution in [0.1, 0.15) is 0 Å². The fourth-order valence-corrected chi connectivity index (χ4v) is 3.85. The van der Waals surface area contributed by atoms with Crippen molar-refractivity contribution in [3.05, 3.63) is 78.2 Å². The van der Waals surface area contributed by atoms with E-state index in [1.54, 1.807) is 48.8 Å². The molecule has 6 nitrogen and oxygen atoms in total. The predicted molar refractivity (Wildman–Crippen MR) is 105 cm³/mol. The standard InChI is InChI=1S/C19H13ClN4O2S/c20-16-8-9-22-18-7-6-17(23-19(16)18)13-10-14(12-21-11-13)24-27(25,26)15-4-2-1-3-5-15/h1-12,24H. The summed E-state index contributed by atoms with van der Waals surface area (Å²) in [6.07, 6.45) is 4.67. The van der Waals surface area contributed by atoms with Gasteiger partial charge >= 0.3 is 0 Å². The van der Waals surface area contributed by atoms with E-state index in [0.29, 0.717) is 33.0 Å². The van der Waals surface area contributed by atoms with Crippen LogP contribution < -0.4 is 4.72 Å². The number of aromatic nitrogens is 3. The van der Waals surface area contributed by atoms with E-state index in [1.165, 1.54) is 18.3 Å². The maximum absolute atomic E-state index is 12.5. The molecule has 3 aromatic heterocycles. The maximum Gasteiger partial charge on any atom is 0.261 e. The average molecular weight is 397 g/mol. The third-order valence-corrected chi connectivity index (χ3v) is 5.58. The first kappa shape index (κ1) is 17.4. The van der Waals surface area contributed by atoms with Gasteiger partial charge in [-0.1, -0.05) is 29.8 Å². The number of halogens is 1. The number of rotatable bonds is 4. The lowest BCUT2D eigenvalue weighted by molar-refractivity contribution is 0.601. The van der Waals surface area contributed by atoms with Crippen LogP contribution in [0.4, 0.5) is 5.69 Å². The number of nitrogens with zero attached hydrogens (tertiary/aromatic N) is 3. The molecule has 0 amide bonds. The van der Waals surface area contributed by atoms with Crippen molar-refractivity contribution in [1.29, 1.82) is 0 Å². The van der Waals surface area contributed by atoms with Gasteiger partial charge in [-0.05, 0) is 36.4 Å². The fourth-order valence-electron chi connectivity index (χ4n) is 2.60. The van der Waals surface area contributed by atoms with E-state index in [-0.39, 0.29) is 4.90 Å². The van der Waals surface area contributed by atoms with Gasteiger partial charge < -0.3 is 0 Å². The molecule has 0 atom stereocenters. The van der Waals surface area contributed by atoms with Crippen LogP contribution in [0.2, 0.25) is 5.02 Å². The van der Waals surface area contributed by atoms with Crippen molar-refractivity contribution in [2.45, 2.75) is 4.90 Å². The molecule has 0 unspecified atom stereocenters. The van der Waals surface area contributed by atoms with Crippen molar-refractivity contribution >= 4 is 38.3 Å². The normalized spacial score (nSPS) is 11.4. The van der Waals surface area contributed by atoms with Crippen molar-refractivity contribution in [1.82, 2.24) is 15.0 Å². The van der Waals surface area contributed by atoms with E-state index in [9.17, 15) is 8.42 Å². The lowest BCUT2D eigenvalue weighted by Gasteiger charge is -2.09. The molecule has 1 aromatic carbocycles. The summed E-state index contributed by atoms with van der Waals surface area (Å²) in [7, 11) is -3.70. The quantitative estimate of drug-likeness (QED) is 0.560. The first-order valence-electron chi connectivity index (χ1n) is 7.97. The second-order valence-electron chi connectivity index (χ2n) is 5.74.